The third kappa shape index (κ3) is 1.78. The maximum absolute atomic E-state index is 13.2. The van der Waals surface area contributed by atoms with E-state index in [2.05, 4.69) is 10.2 Å². The minimum Gasteiger partial charge on any atom is -0.324 e. The molecule has 0 spiro atoms. The number of hydrogen-bond acceptors (Lipinski definition) is 3. The van der Waals surface area contributed by atoms with Gasteiger partial charge in [-0.1, -0.05) is 0 Å². The summed E-state index contributed by atoms with van der Waals surface area (Å²) in [6, 6.07) is 4.07. The van der Waals surface area contributed by atoms with Crippen LogP contribution in [0.5, 0.6) is 0 Å². The van der Waals surface area contributed by atoms with Crippen molar-refractivity contribution in [1.29, 1.82) is 0 Å². The molecule has 0 aliphatic heterocycles. The van der Waals surface area contributed by atoms with Crippen LogP contribution in [0.3, 0.4) is 0 Å². The van der Waals surface area contributed by atoms with Crippen LogP contribution in [0.2, 0.25) is 0 Å². The van der Waals surface area contributed by atoms with Gasteiger partial charge in [0.05, 0.1) is 6.54 Å². The fourth-order valence-electron chi connectivity index (χ4n) is 2.01. The Labute approximate surface area is 102 Å². The average Bonchev–Trinajstić information content (AvgIpc) is 3.12. The second kappa shape index (κ2) is 4.13. The summed E-state index contributed by atoms with van der Waals surface area (Å²) in [5.41, 5.74) is 6.13. The Morgan fingerprint density at radius 1 is 1.22 bits per heavy atom. The molecule has 0 unspecified atom stereocenters. The quantitative estimate of drug-likeness (QED) is 0.906. The zero-order chi connectivity index (χ0) is 12.7. The summed E-state index contributed by atoms with van der Waals surface area (Å²) >= 11 is 0. The molecule has 6 heteroatoms. The van der Waals surface area contributed by atoms with Gasteiger partial charge in [-0.2, -0.15) is 0 Å². The van der Waals surface area contributed by atoms with Crippen LogP contribution in [0.4, 0.5) is 8.78 Å². The first-order valence-electron chi connectivity index (χ1n) is 5.80. The molecule has 3 rings (SSSR count). The molecule has 2 N–H and O–H groups in total. The normalized spacial score (nSPS) is 15.1. The topological polar surface area (TPSA) is 56.7 Å². The van der Waals surface area contributed by atoms with Gasteiger partial charge in [0.15, 0.2) is 17.5 Å². The highest BCUT2D eigenvalue weighted by atomic mass is 19.2. The second-order valence-electron chi connectivity index (χ2n) is 4.37. The van der Waals surface area contributed by atoms with Crippen molar-refractivity contribution in [3.8, 4) is 11.4 Å². The zero-order valence-corrected chi connectivity index (χ0v) is 9.61. The summed E-state index contributed by atoms with van der Waals surface area (Å²) in [6.07, 6.45) is 2.09. The highest BCUT2D eigenvalue weighted by Crippen LogP contribution is 2.38. The first kappa shape index (κ1) is 11.3. The zero-order valence-electron chi connectivity index (χ0n) is 9.61. The van der Waals surface area contributed by atoms with Crippen molar-refractivity contribution in [1.82, 2.24) is 14.8 Å². The molecule has 4 nitrogen and oxygen atoms in total. The number of nitrogens with two attached hydrogens (primary N) is 1. The number of aromatic nitrogens is 3. The van der Waals surface area contributed by atoms with Crippen LogP contribution in [-0.2, 0) is 6.54 Å². The highest BCUT2D eigenvalue weighted by molar-refractivity contribution is 5.55. The molecule has 0 atom stereocenters. The van der Waals surface area contributed by atoms with Gasteiger partial charge >= 0.3 is 0 Å². The molecule has 1 heterocycles. The second-order valence-corrected chi connectivity index (χ2v) is 4.37. The number of halogens is 2. The molecule has 2 aromatic rings. The standard InChI is InChI=1S/C12H12F2N4/c13-9-4-1-7(5-10(9)14)12-17-16-11(6-15)18(12)8-2-3-8/h1,4-5,8H,2-3,6,15H2. The van der Waals surface area contributed by atoms with Crippen molar-refractivity contribution in [2.45, 2.75) is 25.4 Å². The first-order valence-corrected chi connectivity index (χ1v) is 5.80. The van der Waals surface area contributed by atoms with E-state index in [1.165, 1.54) is 6.07 Å². The van der Waals surface area contributed by atoms with Crippen LogP contribution in [0.25, 0.3) is 11.4 Å². The van der Waals surface area contributed by atoms with Gasteiger partial charge in [-0.25, -0.2) is 8.78 Å². The summed E-state index contributed by atoms with van der Waals surface area (Å²) in [7, 11) is 0. The summed E-state index contributed by atoms with van der Waals surface area (Å²) in [5.74, 6) is -0.517. The Hall–Kier alpha value is -1.82. The molecule has 0 bridgehead atoms. The Balaban J connectivity index is 2.10. The third-order valence-electron chi connectivity index (χ3n) is 3.04. The van der Waals surface area contributed by atoms with Crippen LogP contribution >= 0.6 is 0 Å². The van der Waals surface area contributed by atoms with E-state index < -0.39 is 11.6 Å². The number of nitrogens with zero attached hydrogens (tertiary/aromatic N) is 3. The molecule has 94 valence electrons. The molecule has 1 fully saturated rings. The fraction of sp³-hybridized carbons (Fsp3) is 0.333. The lowest BCUT2D eigenvalue weighted by molar-refractivity contribution is 0.509. The summed E-state index contributed by atoms with van der Waals surface area (Å²) < 4.78 is 28.1. The minimum atomic E-state index is -0.882. The van der Waals surface area contributed by atoms with E-state index in [0.29, 0.717) is 23.3 Å². The SMILES string of the molecule is NCc1nnc(-c2ccc(F)c(F)c2)n1C1CC1. The van der Waals surface area contributed by atoms with Crippen molar-refractivity contribution in [3.63, 3.8) is 0 Å². The maximum Gasteiger partial charge on any atom is 0.164 e. The maximum atomic E-state index is 13.2. The van der Waals surface area contributed by atoms with Gasteiger partial charge in [-0.3, -0.25) is 0 Å². The van der Waals surface area contributed by atoms with E-state index in [1.54, 1.807) is 0 Å². The van der Waals surface area contributed by atoms with Gasteiger partial charge in [-0.15, -0.1) is 10.2 Å². The Kier molecular flexibility index (Phi) is 2.59. The summed E-state index contributed by atoms with van der Waals surface area (Å²) in [4.78, 5) is 0. The largest absolute Gasteiger partial charge is 0.324 e. The molecule has 1 aromatic carbocycles. The van der Waals surface area contributed by atoms with Gasteiger partial charge < -0.3 is 10.3 Å². The van der Waals surface area contributed by atoms with Crippen LogP contribution in [-0.4, -0.2) is 14.8 Å². The highest BCUT2D eigenvalue weighted by Gasteiger charge is 2.29. The van der Waals surface area contributed by atoms with E-state index in [0.717, 1.165) is 25.0 Å². The lowest BCUT2D eigenvalue weighted by Crippen LogP contribution is -2.08. The van der Waals surface area contributed by atoms with Gasteiger partial charge in [0.25, 0.3) is 0 Å². The van der Waals surface area contributed by atoms with E-state index in [1.807, 2.05) is 4.57 Å². The Morgan fingerprint density at radius 3 is 2.61 bits per heavy atom. The van der Waals surface area contributed by atoms with Crippen molar-refractivity contribution in [2.24, 2.45) is 5.73 Å². The minimum absolute atomic E-state index is 0.285. The molecular weight excluding hydrogens is 238 g/mol. The Morgan fingerprint density at radius 2 is 2.00 bits per heavy atom. The van der Waals surface area contributed by atoms with Crippen molar-refractivity contribution in [3.05, 3.63) is 35.7 Å². The van der Waals surface area contributed by atoms with Gasteiger partial charge in [0.2, 0.25) is 0 Å². The monoisotopic (exact) mass is 250 g/mol. The van der Waals surface area contributed by atoms with Gasteiger partial charge in [-0.05, 0) is 31.0 Å². The third-order valence-corrected chi connectivity index (χ3v) is 3.04. The lowest BCUT2D eigenvalue weighted by atomic mass is 10.2. The Bertz CT molecular complexity index is 590. The number of rotatable bonds is 3. The molecule has 1 aliphatic rings. The molecular formula is C12H12F2N4. The summed E-state index contributed by atoms with van der Waals surface area (Å²) in [5, 5.41) is 8.03. The van der Waals surface area contributed by atoms with Gasteiger partial charge in [0.1, 0.15) is 5.82 Å². The van der Waals surface area contributed by atoms with Crippen molar-refractivity contribution < 1.29 is 8.78 Å². The molecule has 18 heavy (non-hydrogen) atoms. The molecule has 0 radical (unpaired) electrons. The van der Waals surface area contributed by atoms with E-state index >= 15 is 0 Å². The molecule has 1 saturated carbocycles. The van der Waals surface area contributed by atoms with Crippen molar-refractivity contribution in [2.75, 3.05) is 0 Å². The summed E-state index contributed by atoms with van der Waals surface area (Å²) in [6.45, 7) is 0.285. The van der Waals surface area contributed by atoms with E-state index in [4.69, 9.17) is 5.73 Å². The van der Waals surface area contributed by atoms with Crippen LogP contribution in [0.15, 0.2) is 18.2 Å². The lowest BCUT2D eigenvalue weighted by Gasteiger charge is -2.08. The van der Waals surface area contributed by atoms with Crippen LogP contribution in [0.1, 0.15) is 24.7 Å². The smallest absolute Gasteiger partial charge is 0.164 e. The first-order chi connectivity index (χ1) is 8.70. The van der Waals surface area contributed by atoms with Crippen LogP contribution < -0.4 is 5.73 Å². The number of hydrogen-bond donors (Lipinski definition) is 1. The van der Waals surface area contributed by atoms with E-state index in [9.17, 15) is 8.78 Å². The predicted molar refractivity (Wildman–Crippen MR) is 61.5 cm³/mol. The predicted octanol–water partition coefficient (Wildman–Crippen LogP) is 2.02. The molecule has 1 aromatic heterocycles. The van der Waals surface area contributed by atoms with Crippen LogP contribution in [0, 0.1) is 11.6 Å². The average molecular weight is 250 g/mol. The van der Waals surface area contributed by atoms with Gasteiger partial charge in [0, 0.05) is 11.6 Å². The fourth-order valence-corrected chi connectivity index (χ4v) is 2.01. The van der Waals surface area contributed by atoms with E-state index in [-0.39, 0.29) is 6.54 Å². The molecule has 0 saturated heterocycles. The van der Waals surface area contributed by atoms with Crippen molar-refractivity contribution >= 4 is 0 Å². The molecule has 0 amide bonds. The molecule has 1 aliphatic carbocycles. The number of benzene rings is 1.